The normalized spacial score (nSPS) is 10.5. The quantitative estimate of drug-likeness (QED) is 0.743. The van der Waals surface area contributed by atoms with E-state index in [4.69, 9.17) is 16.0 Å². The second-order valence-electron chi connectivity index (χ2n) is 3.09. The van der Waals surface area contributed by atoms with Crippen LogP contribution in [0, 0.1) is 0 Å². The monoisotopic (exact) mass is 225 g/mol. The van der Waals surface area contributed by atoms with Crippen LogP contribution < -0.4 is 0 Å². The number of Topliss-reactive ketones (excluding diaryl/α,β-unsaturated/α-hetero) is 1. The van der Waals surface area contributed by atoms with E-state index >= 15 is 0 Å². The third-order valence-electron chi connectivity index (χ3n) is 1.84. The van der Waals surface area contributed by atoms with Crippen molar-refractivity contribution in [3.05, 3.63) is 35.0 Å². The minimum Gasteiger partial charge on any atom is -0.442 e. The molecule has 0 atom stereocenters. The first kappa shape index (κ1) is 9.92. The average molecular weight is 226 g/mol. The summed E-state index contributed by atoms with van der Waals surface area (Å²) in [4.78, 5) is 11.6. The van der Waals surface area contributed by atoms with E-state index in [1.165, 1.54) is 10.7 Å². The standard InChI is InChI=1S/C9H8ClN3O2/c1-13-5-6(11-12-13)4-7(14)8-2-3-9(10)15-8/h2-3,5H,4H2,1H3. The maximum absolute atomic E-state index is 11.6. The molecule has 0 unspecified atom stereocenters. The number of halogens is 1. The second kappa shape index (κ2) is 3.86. The van der Waals surface area contributed by atoms with E-state index in [0.717, 1.165) is 0 Å². The molecule has 0 bridgehead atoms. The van der Waals surface area contributed by atoms with Crippen molar-refractivity contribution in [3.8, 4) is 0 Å². The predicted octanol–water partition coefficient (Wildman–Crippen LogP) is 1.49. The van der Waals surface area contributed by atoms with Gasteiger partial charge in [0, 0.05) is 13.2 Å². The van der Waals surface area contributed by atoms with Gasteiger partial charge in [0.05, 0.1) is 12.1 Å². The van der Waals surface area contributed by atoms with Gasteiger partial charge in [0.25, 0.3) is 0 Å². The Morgan fingerprint density at radius 3 is 2.93 bits per heavy atom. The van der Waals surface area contributed by atoms with E-state index in [-0.39, 0.29) is 23.2 Å². The molecule has 0 saturated carbocycles. The maximum Gasteiger partial charge on any atom is 0.204 e. The number of carbonyl (C=O) groups excluding carboxylic acids is 1. The number of aromatic nitrogens is 3. The largest absolute Gasteiger partial charge is 0.442 e. The van der Waals surface area contributed by atoms with Gasteiger partial charge in [0.1, 0.15) is 0 Å². The highest BCUT2D eigenvalue weighted by molar-refractivity contribution is 6.29. The van der Waals surface area contributed by atoms with Gasteiger partial charge >= 0.3 is 0 Å². The molecule has 2 aromatic heterocycles. The zero-order chi connectivity index (χ0) is 10.8. The van der Waals surface area contributed by atoms with Crippen molar-refractivity contribution in [3.63, 3.8) is 0 Å². The van der Waals surface area contributed by atoms with Crippen LogP contribution in [0.25, 0.3) is 0 Å². The number of hydrogen-bond acceptors (Lipinski definition) is 4. The lowest BCUT2D eigenvalue weighted by molar-refractivity contribution is 0.0965. The zero-order valence-electron chi connectivity index (χ0n) is 7.98. The van der Waals surface area contributed by atoms with Crippen molar-refractivity contribution >= 4 is 17.4 Å². The summed E-state index contributed by atoms with van der Waals surface area (Å²) in [5.74, 6) is 0.0769. The summed E-state index contributed by atoms with van der Waals surface area (Å²) in [6, 6.07) is 3.08. The summed E-state index contributed by atoms with van der Waals surface area (Å²) in [5, 5.41) is 7.74. The van der Waals surface area contributed by atoms with Crippen LogP contribution in [0.4, 0.5) is 0 Å². The van der Waals surface area contributed by atoms with Gasteiger partial charge in [-0.2, -0.15) is 0 Å². The number of carbonyl (C=O) groups is 1. The molecule has 0 amide bonds. The molecular formula is C9H8ClN3O2. The summed E-state index contributed by atoms with van der Waals surface area (Å²) in [6.07, 6.45) is 1.85. The Kier molecular flexibility index (Phi) is 2.55. The molecule has 5 nitrogen and oxygen atoms in total. The molecule has 0 saturated heterocycles. The number of nitrogens with zero attached hydrogens (tertiary/aromatic N) is 3. The smallest absolute Gasteiger partial charge is 0.204 e. The molecule has 0 aromatic carbocycles. The van der Waals surface area contributed by atoms with Gasteiger partial charge in [0.2, 0.25) is 5.78 Å². The Balaban J connectivity index is 2.10. The van der Waals surface area contributed by atoms with Gasteiger partial charge in [0.15, 0.2) is 11.0 Å². The van der Waals surface area contributed by atoms with Crippen LogP contribution in [0.15, 0.2) is 22.7 Å². The predicted molar refractivity (Wildman–Crippen MR) is 52.8 cm³/mol. The van der Waals surface area contributed by atoms with Crippen LogP contribution in [0.3, 0.4) is 0 Å². The van der Waals surface area contributed by atoms with Crippen LogP contribution in [0.2, 0.25) is 5.22 Å². The van der Waals surface area contributed by atoms with Gasteiger partial charge < -0.3 is 4.42 Å². The molecule has 2 rings (SSSR count). The minimum atomic E-state index is -0.164. The van der Waals surface area contributed by atoms with Gasteiger partial charge in [-0.1, -0.05) is 5.21 Å². The Morgan fingerprint density at radius 1 is 1.60 bits per heavy atom. The molecule has 0 N–H and O–H groups in total. The third kappa shape index (κ3) is 2.24. The highest BCUT2D eigenvalue weighted by atomic mass is 35.5. The van der Waals surface area contributed by atoms with Crippen molar-refractivity contribution in [1.82, 2.24) is 15.0 Å². The van der Waals surface area contributed by atoms with Crippen molar-refractivity contribution in [2.45, 2.75) is 6.42 Å². The van der Waals surface area contributed by atoms with E-state index in [9.17, 15) is 4.79 Å². The van der Waals surface area contributed by atoms with Crippen LogP contribution in [0.1, 0.15) is 16.2 Å². The van der Waals surface area contributed by atoms with Crippen molar-refractivity contribution in [1.29, 1.82) is 0 Å². The van der Waals surface area contributed by atoms with E-state index in [1.807, 2.05) is 0 Å². The molecule has 15 heavy (non-hydrogen) atoms. The lowest BCUT2D eigenvalue weighted by atomic mass is 10.2. The van der Waals surface area contributed by atoms with E-state index in [0.29, 0.717) is 5.69 Å². The molecule has 0 spiro atoms. The van der Waals surface area contributed by atoms with Crippen molar-refractivity contribution in [2.24, 2.45) is 7.05 Å². The molecule has 0 radical (unpaired) electrons. The fourth-order valence-corrected chi connectivity index (χ4v) is 1.34. The highest BCUT2D eigenvalue weighted by Crippen LogP contribution is 2.14. The molecule has 78 valence electrons. The first-order valence-electron chi connectivity index (χ1n) is 4.29. The molecule has 0 aliphatic carbocycles. The van der Waals surface area contributed by atoms with Gasteiger partial charge in [-0.3, -0.25) is 9.48 Å². The van der Waals surface area contributed by atoms with Gasteiger partial charge in [-0.15, -0.1) is 5.10 Å². The fraction of sp³-hybridized carbons (Fsp3) is 0.222. The van der Waals surface area contributed by atoms with Crippen molar-refractivity contribution in [2.75, 3.05) is 0 Å². The summed E-state index contributed by atoms with van der Waals surface area (Å²) in [5.41, 5.74) is 0.607. The molecule has 0 fully saturated rings. The van der Waals surface area contributed by atoms with E-state index in [2.05, 4.69) is 10.3 Å². The zero-order valence-corrected chi connectivity index (χ0v) is 8.73. The maximum atomic E-state index is 11.6. The lowest BCUT2D eigenvalue weighted by Crippen LogP contribution is -2.02. The van der Waals surface area contributed by atoms with Gasteiger partial charge in [-0.25, -0.2) is 0 Å². The van der Waals surface area contributed by atoms with Crippen LogP contribution >= 0.6 is 11.6 Å². The van der Waals surface area contributed by atoms with E-state index in [1.54, 1.807) is 19.3 Å². The van der Waals surface area contributed by atoms with Crippen LogP contribution in [-0.2, 0) is 13.5 Å². The number of ketones is 1. The SMILES string of the molecule is Cn1cc(CC(=O)c2ccc(Cl)o2)nn1. The topological polar surface area (TPSA) is 60.9 Å². The van der Waals surface area contributed by atoms with Crippen LogP contribution in [0.5, 0.6) is 0 Å². The fourth-order valence-electron chi connectivity index (χ4n) is 1.19. The Bertz CT molecular complexity index is 489. The average Bonchev–Trinajstić information content (AvgIpc) is 2.75. The lowest BCUT2D eigenvalue weighted by Gasteiger charge is -1.91. The van der Waals surface area contributed by atoms with Gasteiger partial charge in [-0.05, 0) is 23.7 Å². The highest BCUT2D eigenvalue weighted by Gasteiger charge is 2.13. The first-order valence-corrected chi connectivity index (χ1v) is 4.66. The van der Waals surface area contributed by atoms with E-state index < -0.39 is 0 Å². The molecule has 2 aromatic rings. The molecule has 2 heterocycles. The first-order chi connectivity index (χ1) is 7.15. The molecule has 0 aliphatic heterocycles. The number of furan rings is 1. The minimum absolute atomic E-state index is 0.164. The molecule has 6 heteroatoms. The van der Waals surface area contributed by atoms with Crippen LogP contribution in [-0.4, -0.2) is 20.8 Å². The summed E-state index contributed by atoms with van der Waals surface area (Å²) >= 11 is 5.56. The summed E-state index contributed by atoms with van der Waals surface area (Å²) in [6.45, 7) is 0. The summed E-state index contributed by atoms with van der Waals surface area (Å²) in [7, 11) is 1.74. The third-order valence-corrected chi connectivity index (χ3v) is 2.04. The number of aryl methyl sites for hydroxylation is 1. The second-order valence-corrected chi connectivity index (χ2v) is 3.46. The molecule has 0 aliphatic rings. The number of hydrogen-bond donors (Lipinski definition) is 0. The Morgan fingerprint density at radius 2 is 2.40 bits per heavy atom. The molecular weight excluding hydrogens is 218 g/mol. The number of rotatable bonds is 3. The Labute approximate surface area is 90.6 Å². The summed E-state index contributed by atoms with van der Waals surface area (Å²) < 4.78 is 6.52. The Hall–Kier alpha value is -1.62. The van der Waals surface area contributed by atoms with Crippen molar-refractivity contribution < 1.29 is 9.21 Å².